The number of hydrogen-bond donors (Lipinski definition) is 1. The second-order valence-electron chi connectivity index (χ2n) is 5.02. The number of likely N-dealkylation sites (tertiary alicyclic amines) is 1. The van der Waals surface area contributed by atoms with Gasteiger partial charge in [-0.1, -0.05) is 0 Å². The molecule has 1 heterocycles. The van der Waals surface area contributed by atoms with Crippen LogP contribution in [0.5, 0.6) is 0 Å². The molecule has 1 aliphatic heterocycles. The van der Waals surface area contributed by atoms with Crippen molar-refractivity contribution in [2.75, 3.05) is 33.7 Å². The largest absolute Gasteiger partial charge is 0.335 e. The lowest BCUT2D eigenvalue weighted by atomic mass is 10.1. The minimum absolute atomic E-state index is 0.104. The van der Waals surface area contributed by atoms with Crippen molar-refractivity contribution in [1.82, 2.24) is 15.1 Å². The normalized spacial score (nSPS) is 26.7. The van der Waals surface area contributed by atoms with Gasteiger partial charge in [0, 0.05) is 26.2 Å². The third-order valence-corrected chi connectivity index (χ3v) is 3.27. The quantitative estimate of drug-likeness (QED) is 0.747. The van der Waals surface area contributed by atoms with Gasteiger partial charge in [0.25, 0.3) is 0 Å². The maximum absolute atomic E-state index is 11.7. The van der Waals surface area contributed by atoms with Crippen LogP contribution >= 0.6 is 0 Å². The van der Waals surface area contributed by atoms with Gasteiger partial charge in [0.05, 0.1) is 0 Å². The van der Waals surface area contributed by atoms with Crippen LogP contribution in [0.3, 0.4) is 0 Å². The Hall–Kier alpha value is -0.770. The molecule has 1 aliphatic carbocycles. The molecular weight excluding hydrogens is 190 g/mol. The fraction of sp³-hybridized carbons (Fsp3) is 0.909. The van der Waals surface area contributed by atoms with E-state index in [1.54, 1.807) is 0 Å². The maximum atomic E-state index is 11.7. The first-order chi connectivity index (χ1) is 7.15. The molecule has 0 radical (unpaired) electrons. The molecule has 2 fully saturated rings. The van der Waals surface area contributed by atoms with Crippen LogP contribution in [-0.4, -0.2) is 55.6 Å². The van der Waals surface area contributed by atoms with E-state index in [1.165, 1.54) is 13.0 Å². The van der Waals surface area contributed by atoms with E-state index in [4.69, 9.17) is 0 Å². The van der Waals surface area contributed by atoms with Gasteiger partial charge in [0.15, 0.2) is 0 Å². The number of carbonyl (C=O) groups excluding carboxylic acids is 1. The molecular formula is C11H21N3O. The summed E-state index contributed by atoms with van der Waals surface area (Å²) in [6.07, 6.45) is 3.54. The zero-order valence-electron chi connectivity index (χ0n) is 9.70. The average Bonchev–Trinajstić information content (AvgIpc) is 2.90. The Morgan fingerprint density at radius 3 is 2.73 bits per heavy atom. The molecule has 0 bridgehead atoms. The summed E-state index contributed by atoms with van der Waals surface area (Å²) in [6, 6.07) is 0.568. The van der Waals surface area contributed by atoms with Gasteiger partial charge in [-0.25, -0.2) is 4.79 Å². The number of carbonyl (C=O) groups is 1. The number of hydrogen-bond acceptors (Lipinski definition) is 2. The molecule has 0 spiro atoms. The van der Waals surface area contributed by atoms with Gasteiger partial charge >= 0.3 is 6.03 Å². The summed E-state index contributed by atoms with van der Waals surface area (Å²) < 4.78 is 0. The number of urea groups is 1. The molecule has 0 aromatic rings. The van der Waals surface area contributed by atoms with Crippen LogP contribution in [0, 0.1) is 5.92 Å². The molecule has 4 nitrogen and oxygen atoms in total. The molecule has 2 aliphatic rings. The zero-order valence-corrected chi connectivity index (χ0v) is 9.70. The molecule has 15 heavy (non-hydrogen) atoms. The lowest BCUT2D eigenvalue weighted by molar-refractivity contribution is 0.200. The lowest BCUT2D eigenvalue weighted by Crippen LogP contribution is -2.41. The van der Waals surface area contributed by atoms with Gasteiger partial charge in [-0.3, -0.25) is 0 Å². The highest BCUT2D eigenvalue weighted by molar-refractivity contribution is 5.74. The monoisotopic (exact) mass is 211 g/mol. The third kappa shape index (κ3) is 3.09. The van der Waals surface area contributed by atoms with Crippen molar-refractivity contribution < 1.29 is 4.79 Å². The van der Waals surface area contributed by atoms with Crippen molar-refractivity contribution in [3.63, 3.8) is 0 Å². The molecule has 1 N–H and O–H groups in total. The molecule has 1 saturated carbocycles. The number of nitrogens with zero attached hydrogens (tertiary/aromatic N) is 2. The molecule has 2 amide bonds. The Bertz CT molecular complexity index is 240. The highest BCUT2D eigenvalue weighted by Crippen LogP contribution is 2.19. The van der Waals surface area contributed by atoms with E-state index in [0.29, 0.717) is 12.0 Å². The summed E-state index contributed by atoms with van der Waals surface area (Å²) in [5, 5.41) is 3.01. The predicted molar refractivity (Wildman–Crippen MR) is 59.8 cm³/mol. The van der Waals surface area contributed by atoms with E-state index in [0.717, 1.165) is 25.9 Å². The molecule has 1 atom stereocenters. The Morgan fingerprint density at radius 2 is 2.20 bits per heavy atom. The van der Waals surface area contributed by atoms with Crippen molar-refractivity contribution in [2.24, 2.45) is 5.92 Å². The lowest BCUT2D eigenvalue weighted by Gasteiger charge is -2.21. The van der Waals surface area contributed by atoms with Crippen LogP contribution in [0.4, 0.5) is 4.79 Å². The highest BCUT2D eigenvalue weighted by Gasteiger charge is 2.27. The molecule has 1 unspecified atom stereocenters. The van der Waals surface area contributed by atoms with Gasteiger partial charge in [0.2, 0.25) is 0 Å². The topological polar surface area (TPSA) is 35.6 Å². The average molecular weight is 211 g/mol. The fourth-order valence-electron chi connectivity index (χ4n) is 2.16. The summed E-state index contributed by atoms with van der Waals surface area (Å²) in [5.41, 5.74) is 0. The first-order valence-electron chi connectivity index (χ1n) is 5.85. The summed E-state index contributed by atoms with van der Waals surface area (Å²) in [5.74, 6) is 0.657. The Labute approximate surface area is 91.6 Å². The molecule has 0 aromatic carbocycles. The first kappa shape index (κ1) is 10.7. The van der Waals surface area contributed by atoms with Crippen LogP contribution in [0.2, 0.25) is 0 Å². The van der Waals surface area contributed by atoms with E-state index in [-0.39, 0.29) is 6.03 Å². The van der Waals surface area contributed by atoms with Crippen LogP contribution in [0.25, 0.3) is 0 Å². The maximum Gasteiger partial charge on any atom is 0.317 e. The van der Waals surface area contributed by atoms with Crippen LogP contribution in [0.1, 0.15) is 19.3 Å². The first-order valence-corrected chi connectivity index (χ1v) is 5.85. The molecule has 86 valence electrons. The van der Waals surface area contributed by atoms with E-state index in [9.17, 15) is 4.79 Å². The van der Waals surface area contributed by atoms with Crippen molar-refractivity contribution in [3.05, 3.63) is 0 Å². The second-order valence-corrected chi connectivity index (χ2v) is 5.02. The van der Waals surface area contributed by atoms with Crippen molar-refractivity contribution >= 4 is 6.03 Å². The molecule has 0 aromatic heterocycles. The van der Waals surface area contributed by atoms with Gasteiger partial charge in [-0.15, -0.1) is 0 Å². The second kappa shape index (κ2) is 4.39. The molecule has 4 heteroatoms. The number of amides is 2. The Kier molecular flexibility index (Phi) is 3.14. The van der Waals surface area contributed by atoms with Gasteiger partial charge < -0.3 is 15.1 Å². The Morgan fingerprint density at radius 1 is 1.47 bits per heavy atom. The van der Waals surface area contributed by atoms with E-state index in [2.05, 4.69) is 17.3 Å². The zero-order chi connectivity index (χ0) is 10.8. The van der Waals surface area contributed by atoms with Crippen molar-refractivity contribution in [1.29, 1.82) is 0 Å². The minimum Gasteiger partial charge on any atom is -0.335 e. The van der Waals surface area contributed by atoms with Gasteiger partial charge in [0.1, 0.15) is 0 Å². The van der Waals surface area contributed by atoms with Crippen LogP contribution in [-0.2, 0) is 0 Å². The fourth-order valence-corrected chi connectivity index (χ4v) is 2.16. The number of rotatable bonds is 3. The summed E-state index contributed by atoms with van der Waals surface area (Å²) in [6.45, 7) is 3.19. The van der Waals surface area contributed by atoms with E-state index in [1.807, 2.05) is 11.9 Å². The summed E-state index contributed by atoms with van der Waals surface area (Å²) in [4.78, 5) is 15.8. The summed E-state index contributed by atoms with van der Waals surface area (Å²) in [7, 11) is 4.04. The van der Waals surface area contributed by atoms with Crippen LogP contribution in [0.15, 0.2) is 0 Å². The van der Waals surface area contributed by atoms with Crippen LogP contribution < -0.4 is 5.32 Å². The third-order valence-electron chi connectivity index (χ3n) is 3.27. The standard InChI is InChI=1S/C11H21N3O/c1-13-6-5-9(7-13)8-14(2)11(15)12-10-3-4-10/h9-10H,3-8H2,1-2H3,(H,12,15). The highest BCUT2D eigenvalue weighted by atomic mass is 16.2. The van der Waals surface area contributed by atoms with E-state index < -0.39 is 0 Å². The SMILES string of the molecule is CN1CCC(CN(C)C(=O)NC2CC2)C1. The Balaban J connectivity index is 1.70. The minimum atomic E-state index is 0.104. The summed E-state index contributed by atoms with van der Waals surface area (Å²) >= 11 is 0. The van der Waals surface area contributed by atoms with Gasteiger partial charge in [-0.05, 0) is 38.8 Å². The van der Waals surface area contributed by atoms with Crippen molar-refractivity contribution in [3.8, 4) is 0 Å². The van der Waals surface area contributed by atoms with Gasteiger partial charge in [-0.2, -0.15) is 0 Å². The smallest absolute Gasteiger partial charge is 0.317 e. The molecule has 2 rings (SSSR count). The molecule has 1 saturated heterocycles. The predicted octanol–water partition coefficient (Wildman–Crippen LogP) is 0.742. The van der Waals surface area contributed by atoms with E-state index >= 15 is 0 Å². The number of nitrogens with one attached hydrogen (secondary N) is 1. The van der Waals surface area contributed by atoms with Crippen molar-refractivity contribution in [2.45, 2.75) is 25.3 Å².